The Morgan fingerprint density at radius 1 is 0.878 bits per heavy atom. The largest absolute Gasteiger partial charge is 0.434 e. The lowest BCUT2D eigenvalue weighted by Crippen LogP contribution is -2.52. The third-order valence-electron chi connectivity index (χ3n) is 6.89. The molecule has 3 atom stereocenters. The highest BCUT2D eigenvalue weighted by Gasteiger charge is 2.42. The quantitative estimate of drug-likeness (QED) is 0.177. The summed E-state index contributed by atoms with van der Waals surface area (Å²) >= 11 is 0. The van der Waals surface area contributed by atoms with E-state index in [2.05, 4.69) is 15.6 Å². The Morgan fingerprint density at radius 2 is 1.51 bits per heavy atom. The lowest BCUT2D eigenvalue weighted by atomic mass is 10.0. The van der Waals surface area contributed by atoms with Crippen LogP contribution in [0.4, 0.5) is 0 Å². The Morgan fingerprint density at radius 3 is 2.17 bits per heavy atom. The lowest BCUT2D eigenvalue weighted by molar-refractivity contribution is -0.135. The minimum Gasteiger partial charge on any atom is -0.434 e. The van der Waals surface area contributed by atoms with Crippen LogP contribution in [0.2, 0.25) is 0 Å². The van der Waals surface area contributed by atoms with Crippen LogP contribution in [0.15, 0.2) is 94.2 Å². The average molecular weight is 576 g/mol. The normalized spacial score (nSPS) is 13.7. The summed E-state index contributed by atoms with van der Waals surface area (Å²) in [5, 5.41) is 3.94. The number of carbonyl (C=O) groups excluding carboxylic acids is 3. The summed E-state index contributed by atoms with van der Waals surface area (Å²) in [6.07, 6.45) is 1.60. The van der Waals surface area contributed by atoms with Crippen molar-refractivity contribution in [1.29, 1.82) is 0 Å². The number of amides is 2. The number of Topliss-reactive ketones (excluding diaryl/α,β-unsaturated/α-hetero) is 1. The lowest BCUT2D eigenvalue weighted by Gasteiger charge is -2.25. The van der Waals surface area contributed by atoms with Gasteiger partial charge in [-0.05, 0) is 43.2 Å². The van der Waals surface area contributed by atoms with Crippen molar-refractivity contribution in [2.75, 3.05) is 0 Å². The van der Waals surface area contributed by atoms with Crippen LogP contribution in [-0.2, 0) is 26.0 Å². The van der Waals surface area contributed by atoms with Gasteiger partial charge in [0.25, 0.3) is 5.89 Å². The molecule has 0 saturated heterocycles. The Bertz CT molecular complexity index is 1570. The Balaban J connectivity index is 1.63. The smallest absolute Gasteiger partial charge is 0.266 e. The molecule has 0 aliphatic carbocycles. The van der Waals surface area contributed by atoms with Crippen molar-refractivity contribution in [2.24, 2.45) is 5.92 Å². The van der Waals surface area contributed by atoms with Gasteiger partial charge in [0.2, 0.25) is 17.6 Å². The van der Waals surface area contributed by atoms with Gasteiger partial charge in [0.15, 0.2) is 15.4 Å². The van der Waals surface area contributed by atoms with E-state index in [0.717, 1.165) is 12.0 Å². The van der Waals surface area contributed by atoms with E-state index in [1.165, 1.54) is 19.1 Å². The van der Waals surface area contributed by atoms with Crippen molar-refractivity contribution < 1.29 is 27.2 Å². The van der Waals surface area contributed by atoms with Crippen LogP contribution in [0.25, 0.3) is 11.1 Å². The molecule has 0 aliphatic rings. The van der Waals surface area contributed by atoms with E-state index in [4.69, 9.17) is 4.42 Å². The maximum atomic E-state index is 13.8. The molecule has 0 radical (unpaired) electrons. The fourth-order valence-electron chi connectivity index (χ4n) is 4.51. The van der Waals surface area contributed by atoms with E-state index in [9.17, 15) is 22.8 Å². The Labute approximate surface area is 239 Å². The van der Waals surface area contributed by atoms with Gasteiger partial charge in [-0.2, -0.15) is 0 Å². The van der Waals surface area contributed by atoms with E-state index >= 15 is 0 Å². The second-order valence-electron chi connectivity index (χ2n) is 9.80. The van der Waals surface area contributed by atoms with Crippen molar-refractivity contribution in [3.05, 3.63) is 96.4 Å². The zero-order valence-electron chi connectivity index (χ0n) is 22.9. The Hall–Kier alpha value is -4.31. The van der Waals surface area contributed by atoms with Crippen molar-refractivity contribution in [3.63, 3.8) is 0 Å². The van der Waals surface area contributed by atoms with Crippen LogP contribution in [0.1, 0.15) is 49.4 Å². The zero-order valence-corrected chi connectivity index (χ0v) is 23.8. The number of rotatable bonds is 13. The van der Waals surface area contributed by atoms with Crippen LogP contribution in [-0.4, -0.2) is 42.3 Å². The molecule has 0 aliphatic heterocycles. The fraction of sp³-hybridized carbons (Fsp3) is 0.290. The summed E-state index contributed by atoms with van der Waals surface area (Å²) in [6.45, 7) is 3.37. The summed E-state index contributed by atoms with van der Waals surface area (Å²) < 4.78 is 32.7. The third kappa shape index (κ3) is 7.07. The van der Waals surface area contributed by atoms with Gasteiger partial charge in [-0.3, -0.25) is 14.4 Å². The maximum absolute atomic E-state index is 13.8. The monoisotopic (exact) mass is 575 g/mol. The number of unbranched alkanes of at least 4 members (excludes halogenated alkanes) is 1. The molecule has 10 heteroatoms. The topological polar surface area (TPSA) is 135 Å². The van der Waals surface area contributed by atoms with Crippen molar-refractivity contribution in [1.82, 2.24) is 15.6 Å². The molecule has 2 amide bonds. The first-order valence-electron chi connectivity index (χ1n) is 13.5. The third-order valence-corrected chi connectivity index (χ3v) is 9.07. The molecular formula is C31H33N3O6S. The van der Waals surface area contributed by atoms with Crippen LogP contribution in [0, 0.1) is 5.92 Å². The molecule has 1 heterocycles. The predicted molar refractivity (Wildman–Crippen MR) is 155 cm³/mol. The highest BCUT2D eigenvalue weighted by Crippen LogP contribution is 2.24. The van der Waals surface area contributed by atoms with Crippen LogP contribution >= 0.6 is 0 Å². The number of oxazole rings is 1. The van der Waals surface area contributed by atoms with E-state index in [1.54, 1.807) is 54.6 Å². The Kier molecular flexibility index (Phi) is 9.67. The van der Waals surface area contributed by atoms with Gasteiger partial charge < -0.3 is 15.1 Å². The van der Waals surface area contributed by atoms with Crippen molar-refractivity contribution in [2.45, 2.75) is 55.8 Å². The number of fused-ring (bicyclic) bond motifs is 1. The number of carbonyl (C=O) groups is 3. The number of benzene rings is 3. The molecule has 9 nitrogen and oxygen atoms in total. The minimum atomic E-state index is -4.09. The second kappa shape index (κ2) is 13.4. The molecule has 0 fully saturated rings. The molecule has 1 aromatic heterocycles. The van der Waals surface area contributed by atoms with Crippen LogP contribution < -0.4 is 10.6 Å². The maximum Gasteiger partial charge on any atom is 0.266 e. The first kappa shape index (κ1) is 29.7. The van der Waals surface area contributed by atoms with Gasteiger partial charge in [-0.1, -0.05) is 80.4 Å². The molecule has 2 N–H and O–H groups in total. The predicted octanol–water partition coefficient (Wildman–Crippen LogP) is 4.48. The molecule has 4 aromatic rings. The molecule has 3 aromatic carbocycles. The SMILES string of the molecule is CCCC[C@H](NC(=O)C(C(=O)NCc1ccccc1)C(C)S(=O)(=O)c1ccccc1)C(=O)c1nc2ccccc2o1. The summed E-state index contributed by atoms with van der Waals surface area (Å²) in [5.41, 5.74) is 1.71. The number of nitrogens with one attached hydrogen (secondary N) is 2. The van der Waals surface area contributed by atoms with Gasteiger partial charge >= 0.3 is 0 Å². The number of sulfone groups is 1. The van der Waals surface area contributed by atoms with E-state index in [1.807, 2.05) is 25.1 Å². The average Bonchev–Trinajstić information content (AvgIpc) is 3.43. The number of ketones is 1. The van der Waals surface area contributed by atoms with Crippen LogP contribution in [0.3, 0.4) is 0 Å². The molecular weight excluding hydrogens is 542 g/mol. The summed E-state index contributed by atoms with van der Waals surface area (Å²) in [6, 6.07) is 22.6. The molecule has 0 bridgehead atoms. The molecule has 0 spiro atoms. The highest BCUT2D eigenvalue weighted by atomic mass is 32.2. The van der Waals surface area contributed by atoms with Gasteiger partial charge in [-0.15, -0.1) is 0 Å². The van der Waals surface area contributed by atoms with E-state index in [-0.39, 0.29) is 23.8 Å². The zero-order chi connectivity index (χ0) is 29.4. The number of nitrogens with zero attached hydrogens (tertiary/aromatic N) is 1. The molecule has 2 unspecified atom stereocenters. The number of hydrogen-bond donors (Lipinski definition) is 2. The van der Waals surface area contributed by atoms with Gasteiger partial charge in [0.1, 0.15) is 11.4 Å². The van der Waals surface area contributed by atoms with Gasteiger partial charge in [0.05, 0.1) is 16.2 Å². The van der Waals surface area contributed by atoms with E-state index in [0.29, 0.717) is 17.5 Å². The first-order valence-corrected chi connectivity index (χ1v) is 15.1. The number of hydrogen-bond acceptors (Lipinski definition) is 7. The summed E-state index contributed by atoms with van der Waals surface area (Å²) in [4.78, 5) is 44.9. The summed E-state index contributed by atoms with van der Waals surface area (Å²) in [7, 11) is -4.09. The standard InChI is InChI=1S/C31H33N3O6S/c1-3-4-17-25(28(35)31-34-24-18-11-12-19-26(24)40-31)33-30(37)27(29(36)32-20-22-13-7-5-8-14-22)21(2)41(38,39)23-15-9-6-10-16-23/h5-16,18-19,21,25,27H,3-4,17,20H2,1-2H3,(H,32,36)(H,33,37)/t21?,25-,27?/m0/s1. The minimum absolute atomic E-state index is 0.00811. The summed E-state index contributed by atoms with van der Waals surface area (Å²) in [5.74, 6) is -3.98. The molecule has 0 saturated carbocycles. The van der Waals surface area contributed by atoms with Crippen molar-refractivity contribution in [3.8, 4) is 0 Å². The molecule has 41 heavy (non-hydrogen) atoms. The highest BCUT2D eigenvalue weighted by molar-refractivity contribution is 7.92. The van der Waals surface area contributed by atoms with Crippen LogP contribution in [0.5, 0.6) is 0 Å². The molecule has 4 rings (SSSR count). The number of aromatic nitrogens is 1. The number of para-hydroxylation sites is 2. The second-order valence-corrected chi connectivity index (χ2v) is 12.1. The molecule has 214 valence electrons. The van der Waals surface area contributed by atoms with E-state index < -0.39 is 44.6 Å². The van der Waals surface area contributed by atoms with Gasteiger partial charge in [-0.25, -0.2) is 13.4 Å². The van der Waals surface area contributed by atoms with Crippen molar-refractivity contribution >= 4 is 38.5 Å². The first-order chi connectivity index (χ1) is 19.7. The fourth-order valence-corrected chi connectivity index (χ4v) is 6.08. The van der Waals surface area contributed by atoms with Gasteiger partial charge in [0, 0.05) is 6.54 Å².